The third kappa shape index (κ3) is 5.23. The molecule has 0 radical (unpaired) electrons. The minimum absolute atomic E-state index is 0.00156. The van der Waals surface area contributed by atoms with Crippen LogP contribution in [0.15, 0.2) is 60.9 Å². The third-order valence-corrected chi connectivity index (χ3v) is 7.37. The number of methoxy groups -OCH3 is 1. The van der Waals surface area contributed by atoms with Crippen LogP contribution in [-0.2, 0) is 4.79 Å². The lowest BCUT2D eigenvalue weighted by atomic mass is 10.0. The molecule has 4 heterocycles. The van der Waals surface area contributed by atoms with Crippen molar-refractivity contribution in [3.63, 3.8) is 0 Å². The van der Waals surface area contributed by atoms with E-state index in [4.69, 9.17) is 15.2 Å². The number of aromatic nitrogens is 3. The van der Waals surface area contributed by atoms with Gasteiger partial charge in [0.05, 0.1) is 18.4 Å². The summed E-state index contributed by atoms with van der Waals surface area (Å²) in [5, 5.41) is 3.25. The van der Waals surface area contributed by atoms with Crippen LogP contribution in [0.5, 0.6) is 11.5 Å². The second-order valence-corrected chi connectivity index (χ2v) is 10.1. The number of carbonyl (C=O) groups excluding carboxylic acids is 1. The minimum Gasteiger partial charge on any atom is -0.496 e. The van der Waals surface area contributed by atoms with Crippen LogP contribution in [0.3, 0.4) is 0 Å². The molecule has 2 aromatic carbocycles. The topological polar surface area (TPSA) is 119 Å². The van der Waals surface area contributed by atoms with Crippen LogP contribution in [0.2, 0.25) is 0 Å². The molecule has 0 bridgehead atoms. The highest BCUT2D eigenvalue weighted by Gasteiger charge is 2.25. The highest BCUT2D eigenvalue weighted by atomic mass is 19.1. The summed E-state index contributed by atoms with van der Waals surface area (Å²) >= 11 is 0. The average Bonchev–Trinajstić information content (AvgIpc) is 2.99. The molecule has 1 fully saturated rings. The molecule has 0 unspecified atom stereocenters. The Labute approximate surface area is 236 Å². The van der Waals surface area contributed by atoms with Gasteiger partial charge in [-0.15, -0.1) is 0 Å². The highest BCUT2D eigenvalue weighted by Crippen LogP contribution is 2.40. The second-order valence-electron chi connectivity index (χ2n) is 10.1. The van der Waals surface area contributed by atoms with Crippen molar-refractivity contribution in [1.29, 1.82) is 0 Å². The predicted octanol–water partition coefficient (Wildman–Crippen LogP) is 4.38. The number of amides is 1. The van der Waals surface area contributed by atoms with Crippen molar-refractivity contribution in [2.45, 2.75) is 18.9 Å². The highest BCUT2D eigenvalue weighted by molar-refractivity contribution is 5.98. The normalized spacial score (nSPS) is 16.7. The van der Waals surface area contributed by atoms with Crippen LogP contribution in [-0.4, -0.2) is 60.8 Å². The van der Waals surface area contributed by atoms with E-state index in [9.17, 15) is 9.18 Å². The van der Waals surface area contributed by atoms with Gasteiger partial charge in [-0.25, -0.2) is 19.3 Å². The maximum atomic E-state index is 14.7. The van der Waals surface area contributed by atoms with Crippen molar-refractivity contribution in [3.05, 3.63) is 66.7 Å². The zero-order valence-corrected chi connectivity index (χ0v) is 22.8. The van der Waals surface area contributed by atoms with Gasteiger partial charge < -0.3 is 30.3 Å². The number of fused-ring (bicyclic) bond motifs is 1. The molecule has 1 saturated heterocycles. The average molecular weight is 556 g/mol. The molecule has 2 aromatic heterocycles. The Bertz CT molecular complexity index is 1620. The lowest BCUT2D eigenvalue weighted by Gasteiger charge is -2.34. The fourth-order valence-corrected chi connectivity index (χ4v) is 5.24. The maximum Gasteiger partial charge on any atom is 0.264 e. The zero-order valence-electron chi connectivity index (χ0n) is 22.8. The Kier molecular flexibility index (Phi) is 7.10. The summed E-state index contributed by atoms with van der Waals surface area (Å²) in [6, 6.07) is 14.1. The number of hydrogen-bond acceptors (Lipinski definition) is 9. The van der Waals surface area contributed by atoms with Crippen molar-refractivity contribution >= 4 is 28.9 Å². The number of likely N-dealkylation sites (N-methyl/N-ethyl adjacent to an activating group) is 1. The summed E-state index contributed by atoms with van der Waals surface area (Å²) in [6.45, 7) is 1.56. The molecule has 0 aliphatic carbocycles. The molecule has 0 saturated carbocycles. The van der Waals surface area contributed by atoms with E-state index in [2.05, 4.69) is 25.2 Å². The van der Waals surface area contributed by atoms with Gasteiger partial charge in [-0.2, -0.15) is 0 Å². The van der Waals surface area contributed by atoms with Crippen LogP contribution < -0.4 is 30.3 Å². The van der Waals surface area contributed by atoms with Crippen molar-refractivity contribution in [1.82, 2.24) is 15.0 Å². The number of nitrogens with zero attached hydrogens (tertiary/aromatic N) is 5. The summed E-state index contributed by atoms with van der Waals surface area (Å²) in [6.07, 6.45) is 5.31. The Morgan fingerprint density at radius 3 is 2.83 bits per heavy atom. The molecule has 210 valence electrons. The molecule has 2 aliphatic rings. The van der Waals surface area contributed by atoms with E-state index in [0.29, 0.717) is 29.7 Å². The van der Waals surface area contributed by atoms with Crippen LogP contribution in [0.4, 0.5) is 27.4 Å². The molecule has 1 amide bonds. The van der Waals surface area contributed by atoms with Gasteiger partial charge >= 0.3 is 0 Å². The van der Waals surface area contributed by atoms with Crippen LogP contribution in [0, 0.1) is 5.82 Å². The second kappa shape index (κ2) is 11.0. The van der Waals surface area contributed by atoms with Crippen LogP contribution in [0.25, 0.3) is 22.5 Å². The molecule has 3 N–H and O–H groups in total. The summed E-state index contributed by atoms with van der Waals surface area (Å²) in [7, 11) is 3.22. The Morgan fingerprint density at radius 2 is 2.00 bits per heavy atom. The smallest absolute Gasteiger partial charge is 0.264 e. The SMILES string of the molecule is COc1cccc(F)c1-c1nccc(Nc2cc(N3CCC[C@H](N)C3)c(-c3ccc4c(c3)OCC(=O)N4C)cn2)n1. The number of benzene rings is 2. The number of halogens is 1. The predicted molar refractivity (Wildman–Crippen MR) is 155 cm³/mol. The van der Waals surface area contributed by atoms with Gasteiger partial charge in [0.15, 0.2) is 12.4 Å². The number of piperidine rings is 1. The van der Waals surface area contributed by atoms with Gasteiger partial charge in [-0.05, 0) is 48.7 Å². The van der Waals surface area contributed by atoms with Gasteiger partial charge in [0.25, 0.3) is 5.91 Å². The first-order valence-electron chi connectivity index (χ1n) is 13.4. The fraction of sp³-hybridized carbons (Fsp3) is 0.267. The van der Waals surface area contributed by atoms with E-state index in [-0.39, 0.29) is 29.9 Å². The van der Waals surface area contributed by atoms with E-state index in [1.807, 2.05) is 24.3 Å². The largest absolute Gasteiger partial charge is 0.496 e. The number of hydrogen-bond donors (Lipinski definition) is 2. The summed E-state index contributed by atoms with van der Waals surface area (Å²) in [4.78, 5) is 29.4. The first-order valence-corrected chi connectivity index (χ1v) is 13.4. The monoisotopic (exact) mass is 555 g/mol. The number of anilines is 4. The van der Waals surface area contributed by atoms with Crippen LogP contribution >= 0.6 is 0 Å². The van der Waals surface area contributed by atoms with Crippen molar-refractivity contribution < 1.29 is 18.7 Å². The van der Waals surface area contributed by atoms with Gasteiger partial charge in [0.1, 0.15) is 29.0 Å². The minimum atomic E-state index is -0.475. The lowest BCUT2D eigenvalue weighted by molar-refractivity contribution is -0.120. The molecule has 2 aliphatic heterocycles. The van der Waals surface area contributed by atoms with Gasteiger partial charge in [0.2, 0.25) is 0 Å². The molecule has 41 heavy (non-hydrogen) atoms. The standard InChI is InChI=1S/C30H30FN7O3/c1-37-22-9-8-18(13-25(22)41-17-28(37)39)20-15-34-27(14-23(20)38-12-4-5-19(32)16-38)35-26-10-11-33-30(36-26)29-21(31)6-3-7-24(29)40-2/h3,6-11,13-15,19H,4-5,12,16-17,32H2,1-2H3,(H,33,34,35,36)/t19-/m0/s1. The number of carbonyl (C=O) groups is 1. The molecule has 6 rings (SSSR count). The first-order chi connectivity index (χ1) is 19.9. The quantitative estimate of drug-likeness (QED) is 0.357. The number of pyridine rings is 1. The lowest BCUT2D eigenvalue weighted by Crippen LogP contribution is -2.43. The summed E-state index contributed by atoms with van der Waals surface area (Å²) in [5.74, 6) is 1.64. The van der Waals surface area contributed by atoms with Crippen molar-refractivity contribution in [2.75, 3.05) is 49.0 Å². The van der Waals surface area contributed by atoms with Gasteiger partial charge in [-0.3, -0.25) is 4.79 Å². The number of nitrogens with one attached hydrogen (secondary N) is 1. The maximum absolute atomic E-state index is 14.7. The molecular formula is C30H30FN7O3. The zero-order chi connectivity index (χ0) is 28.5. The molecule has 1 atom stereocenters. The van der Waals surface area contributed by atoms with Crippen LogP contribution in [0.1, 0.15) is 12.8 Å². The summed E-state index contributed by atoms with van der Waals surface area (Å²) < 4.78 is 25.8. The summed E-state index contributed by atoms with van der Waals surface area (Å²) in [5.41, 5.74) is 10.1. The molecule has 11 heteroatoms. The molecule has 4 aromatic rings. The molecular weight excluding hydrogens is 525 g/mol. The van der Waals surface area contributed by atoms with E-state index in [1.54, 1.807) is 42.5 Å². The fourth-order valence-electron chi connectivity index (χ4n) is 5.24. The Morgan fingerprint density at radius 1 is 1.12 bits per heavy atom. The van der Waals surface area contributed by atoms with Crippen molar-refractivity contribution in [2.24, 2.45) is 5.73 Å². The Balaban J connectivity index is 1.36. The van der Waals surface area contributed by atoms with E-state index in [0.717, 1.165) is 41.9 Å². The molecule has 10 nitrogen and oxygen atoms in total. The number of nitrogens with two attached hydrogens (primary N) is 1. The van der Waals surface area contributed by atoms with E-state index >= 15 is 0 Å². The number of ether oxygens (including phenoxy) is 2. The van der Waals surface area contributed by atoms with Gasteiger partial charge in [0, 0.05) is 55.9 Å². The third-order valence-electron chi connectivity index (χ3n) is 7.37. The van der Waals surface area contributed by atoms with E-state index < -0.39 is 5.82 Å². The Hall–Kier alpha value is -4.77. The van der Waals surface area contributed by atoms with E-state index in [1.165, 1.54) is 13.2 Å². The first kappa shape index (κ1) is 26.5. The van der Waals surface area contributed by atoms with Crippen molar-refractivity contribution in [3.8, 4) is 34.0 Å². The number of rotatable bonds is 6. The van der Waals surface area contributed by atoms with Gasteiger partial charge in [-0.1, -0.05) is 12.1 Å². The molecule has 0 spiro atoms.